The maximum absolute atomic E-state index is 11.9. The number of nitro groups is 1. The van der Waals surface area contributed by atoms with E-state index in [1.807, 2.05) is 30.3 Å². The van der Waals surface area contributed by atoms with Gasteiger partial charge in [-0.3, -0.25) is 14.9 Å². The van der Waals surface area contributed by atoms with Crippen molar-refractivity contribution in [2.75, 3.05) is 20.3 Å². The van der Waals surface area contributed by atoms with E-state index < -0.39 is 4.92 Å². The number of rotatable bonds is 8. The van der Waals surface area contributed by atoms with Crippen LogP contribution in [0.2, 0.25) is 0 Å². The van der Waals surface area contributed by atoms with E-state index in [-0.39, 0.29) is 30.1 Å². The SMILES string of the molecule is CO[C@H](CNC(=O)COc1cccc([N+](=O)[O-])c1)c1ccccc1. The summed E-state index contributed by atoms with van der Waals surface area (Å²) in [5.41, 5.74) is 0.872. The average molecular weight is 330 g/mol. The molecule has 0 aliphatic rings. The van der Waals surface area contributed by atoms with Crippen molar-refractivity contribution in [3.05, 3.63) is 70.3 Å². The van der Waals surface area contributed by atoms with Crippen molar-refractivity contribution in [3.63, 3.8) is 0 Å². The van der Waals surface area contributed by atoms with E-state index in [2.05, 4.69) is 5.32 Å². The number of hydrogen-bond acceptors (Lipinski definition) is 5. The number of hydrogen-bond donors (Lipinski definition) is 1. The van der Waals surface area contributed by atoms with E-state index in [1.165, 1.54) is 18.2 Å². The van der Waals surface area contributed by atoms with Gasteiger partial charge in [-0.1, -0.05) is 36.4 Å². The molecule has 0 unspecified atom stereocenters. The Morgan fingerprint density at radius 3 is 2.62 bits per heavy atom. The summed E-state index contributed by atoms with van der Waals surface area (Å²) in [5, 5.41) is 13.4. The molecule has 126 valence electrons. The van der Waals surface area contributed by atoms with E-state index in [9.17, 15) is 14.9 Å². The molecule has 2 aromatic rings. The molecule has 1 atom stereocenters. The number of carbonyl (C=O) groups excluding carboxylic acids is 1. The Balaban J connectivity index is 1.83. The fraction of sp³-hybridized carbons (Fsp3) is 0.235. The lowest BCUT2D eigenvalue weighted by molar-refractivity contribution is -0.384. The molecule has 0 saturated carbocycles. The average Bonchev–Trinajstić information content (AvgIpc) is 2.61. The fourth-order valence-corrected chi connectivity index (χ4v) is 2.10. The van der Waals surface area contributed by atoms with Crippen LogP contribution in [0.15, 0.2) is 54.6 Å². The van der Waals surface area contributed by atoms with Crippen LogP contribution in [0, 0.1) is 10.1 Å². The molecule has 0 heterocycles. The molecule has 0 saturated heterocycles. The van der Waals surface area contributed by atoms with Crippen molar-refractivity contribution in [1.29, 1.82) is 0 Å². The van der Waals surface area contributed by atoms with E-state index in [4.69, 9.17) is 9.47 Å². The third kappa shape index (κ3) is 5.06. The number of nitrogens with zero attached hydrogens (tertiary/aromatic N) is 1. The summed E-state index contributed by atoms with van der Waals surface area (Å²) in [6, 6.07) is 15.2. The largest absolute Gasteiger partial charge is 0.484 e. The van der Waals surface area contributed by atoms with Crippen LogP contribution >= 0.6 is 0 Å². The third-order valence-electron chi connectivity index (χ3n) is 3.34. The van der Waals surface area contributed by atoms with Crippen LogP contribution in [-0.2, 0) is 9.53 Å². The van der Waals surface area contributed by atoms with Crippen LogP contribution in [0.1, 0.15) is 11.7 Å². The molecule has 0 fully saturated rings. The molecule has 0 aliphatic heterocycles. The second-order valence-electron chi connectivity index (χ2n) is 4.98. The highest BCUT2D eigenvalue weighted by molar-refractivity contribution is 5.77. The van der Waals surface area contributed by atoms with Crippen LogP contribution in [0.5, 0.6) is 5.75 Å². The molecule has 0 spiro atoms. The van der Waals surface area contributed by atoms with E-state index in [0.29, 0.717) is 6.54 Å². The number of amides is 1. The molecule has 0 aliphatic carbocycles. The summed E-state index contributed by atoms with van der Waals surface area (Å²) >= 11 is 0. The predicted octanol–water partition coefficient (Wildman–Crippen LogP) is 2.48. The third-order valence-corrected chi connectivity index (χ3v) is 3.34. The molecule has 0 aromatic heterocycles. The Hall–Kier alpha value is -2.93. The molecule has 0 radical (unpaired) electrons. The highest BCUT2D eigenvalue weighted by atomic mass is 16.6. The van der Waals surface area contributed by atoms with E-state index >= 15 is 0 Å². The second-order valence-corrected chi connectivity index (χ2v) is 4.98. The zero-order valence-corrected chi connectivity index (χ0v) is 13.2. The zero-order chi connectivity index (χ0) is 17.4. The molecule has 1 amide bonds. The smallest absolute Gasteiger partial charge is 0.273 e. The Labute approximate surface area is 139 Å². The number of carbonyl (C=O) groups is 1. The fourth-order valence-electron chi connectivity index (χ4n) is 2.10. The van der Waals surface area contributed by atoms with E-state index in [1.54, 1.807) is 13.2 Å². The molecule has 1 N–H and O–H groups in total. The lowest BCUT2D eigenvalue weighted by Crippen LogP contribution is -2.33. The van der Waals surface area contributed by atoms with Gasteiger partial charge in [-0.15, -0.1) is 0 Å². The summed E-state index contributed by atoms with van der Waals surface area (Å²) in [5.74, 6) is -0.0646. The number of nitro benzene ring substituents is 1. The first-order chi connectivity index (χ1) is 11.6. The van der Waals surface area contributed by atoms with Crippen LogP contribution in [0.3, 0.4) is 0 Å². The molecule has 24 heavy (non-hydrogen) atoms. The van der Waals surface area contributed by atoms with Gasteiger partial charge in [-0.25, -0.2) is 0 Å². The van der Waals surface area contributed by atoms with Gasteiger partial charge in [0.15, 0.2) is 6.61 Å². The first-order valence-corrected chi connectivity index (χ1v) is 7.32. The first kappa shape index (κ1) is 17.4. The van der Waals surface area contributed by atoms with Crippen LogP contribution in [-0.4, -0.2) is 31.1 Å². The summed E-state index contributed by atoms with van der Waals surface area (Å²) < 4.78 is 10.6. The summed E-state index contributed by atoms with van der Waals surface area (Å²) in [6.07, 6.45) is -0.257. The molecular weight excluding hydrogens is 312 g/mol. The minimum atomic E-state index is -0.518. The quantitative estimate of drug-likeness (QED) is 0.593. The summed E-state index contributed by atoms with van der Waals surface area (Å²) in [4.78, 5) is 22.0. The number of benzene rings is 2. The monoisotopic (exact) mass is 330 g/mol. The normalized spacial score (nSPS) is 11.5. The number of ether oxygens (including phenoxy) is 2. The molecular formula is C17H18N2O5. The van der Waals surface area contributed by atoms with Gasteiger partial charge in [0.1, 0.15) is 5.75 Å². The Morgan fingerprint density at radius 1 is 1.21 bits per heavy atom. The second kappa shape index (κ2) is 8.64. The standard InChI is InChI=1S/C17H18N2O5/c1-23-16(13-6-3-2-4-7-13)11-18-17(20)12-24-15-9-5-8-14(10-15)19(21)22/h2-10,16H,11-12H2,1H3,(H,18,20)/t16-/m1/s1. The van der Waals surface area contributed by atoms with Gasteiger partial charge in [-0.2, -0.15) is 0 Å². The van der Waals surface area contributed by atoms with Crippen molar-refractivity contribution in [2.45, 2.75) is 6.10 Å². The molecule has 2 aromatic carbocycles. The Bertz CT molecular complexity index is 690. The highest BCUT2D eigenvalue weighted by Gasteiger charge is 2.12. The maximum atomic E-state index is 11.9. The predicted molar refractivity (Wildman–Crippen MR) is 87.8 cm³/mol. The van der Waals surface area contributed by atoms with Gasteiger partial charge in [0.25, 0.3) is 11.6 Å². The molecule has 2 rings (SSSR count). The van der Waals surface area contributed by atoms with Gasteiger partial charge in [0.2, 0.25) is 0 Å². The zero-order valence-electron chi connectivity index (χ0n) is 13.2. The number of nitrogens with one attached hydrogen (secondary N) is 1. The summed E-state index contributed by atoms with van der Waals surface area (Å²) in [6.45, 7) is 0.0734. The lowest BCUT2D eigenvalue weighted by atomic mass is 10.1. The van der Waals surface area contributed by atoms with Gasteiger partial charge < -0.3 is 14.8 Å². The molecule has 7 nitrogen and oxygen atoms in total. The van der Waals surface area contributed by atoms with Crippen LogP contribution < -0.4 is 10.1 Å². The van der Waals surface area contributed by atoms with Gasteiger partial charge in [0, 0.05) is 19.7 Å². The maximum Gasteiger partial charge on any atom is 0.273 e. The van der Waals surface area contributed by atoms with Gasteiger partial charge >= 0.3 is 0 Å². The van der Waals surface area contributed by atoms with Gasteiger partial charge in [0.05, 0.1) is 17.1 Å². The van der Waals surface area contributed by atoms with Crippen LogP contribution in [0.25, 0.3) is 0 Å². The first-order valence-electron chi connectivity index (χ1n) is 7.32. The van der Waals surface area contributed by atoms with Crippen molar-refractivity contribution >= 4 is 11.6 Å². The highest BCUT2D eigenvalue weighted by Crippen LogP contribution is 2.19. The summed E-state index contributed by atoms with van der Waals surface area (Å²) in [7, 11) is 1.57. The minimum Gasteiger partial charge on any atom is -0.484 e. The number of methoxy groups -OCH3 is 1. The van der Waals surface area contributed by atoms with Crippen molar-refractivity contribution in [3.8, 4) is 5.75 Å². The van der Waals surface area contributed by atoms with Crippen LogP contribution in [0.4, 0.5) is 5.69 Å². The Morgan fingerprint density at radius 2 is 1.96 bits per heavy atom. The van der Waals surface area contributed by atoms with Gasteiger partial charge in [-0.05, 0) is 11.6 Å². The minimum absolute atomic E-state index is 0.0866. The van der Waals surface area contributed by atoms with Crippen molar-refractivity contribution < 1.29 is 19.2 Å². The molecule has 0 bridgehead atoms. The molecule has 7 heteroatoms. The topological polar surface area (TPSA) is 90.7 Å². The lowest BCUT2D eigenvalue weighted by Gasteiger charge is -2.16. The van der Waals surface area contributed by atoms with Crippen molar-refractivity contribution in [2.24, 2.45) is 0 Å². The van der Waals surface area contributed by atoms with Crippen molar-refractivity contribution in [1.82, 2.24) is 5.32 Å². The Kier molecular flexibility index (Phi) is 6.27. The number of non-ortho nitro benzene ring substituents is 1. The van der Waals surface area contributed by atoms with E-state index in [0.717, 1.165) is 5.56 Å².